The van der Waals surface area contributed by atoms with Crippen molar-refractivity contribution >= 4 is 5.78 Å². The normalized spacial score (nSPS) is 10.3. The maximum absolute atomic E-state index is 11.5. The molecule has 4 nitrogen and oxygen atoms in total. The van der Waals surface area contributed by atoms with E-state index in [1.807, 2.05) is 19.0 Å². The van der Waals surface area contributed by atoms with E-state index in [1.165, 1.54) is 6.20 Å². The van der Waals surface area contributed by atoms with E-state index in [4.69, 9.17) is 4.74 Å². The summed E-state index contributed by atoms with van der Waals surface area (Å²) in [5, 5.41) is 0. The summed E-state index contributed by atoms with van der Waals surface area (Å²) >= 11 is 0. The Hall–Kier alpha value is -1.42. The first-order valence-electron chi connectivity index (χ1n) is 4.31. The predicted octanol–water partition coefficient (Wildman–Crippen LogP) is 0.835. The van der Waals surface area contributed by atoms with Crippen LogP contribution in [0.3, 0.4) is 0 Å². The van der Waals surface area contributed by atoms with Crippen molar-refractivity contribution in [3.05, 3.63) is 23.9 Å². The van der Waals surface area contributed by atoms with Crippen molar-refractivity contribution in [1.29, 1.82) is 0 Å². The van der Waals surface area contributed by atoms with Crippen molar-refractivity contribution in [3.63, 3.8) is 0 Å². The van der Waals surface area contributed by atoms with Crippen LogP contribution in [0.25, 0.3) is 0 Å². The van der Waals surface area contributed by atoms with Gasteiger partial charge < -0.3 is 9.64 Å². The van der Waals surface area contributed by atoms with Crippen LogP contribution < -0.4 is 4.74 Å². The Labute approximate surface area is 83.5 Å². The van der Waals surface area contributed by atoms with Gasteiger partial charge in [0, 0.05) is 17.8 Å². The Morgan fingerprint density at radius 3 is 2.64 bits per heavy atom. The molecule has 0 aliphatic rings. The van der Waals surface area contributed by atoms with Gasteiger partial charge in [0.05, 0.1) is 13.7 Å². The fourth-order valence-corrected chi connectivity index (χ4v) is 1.04. The number of Topliss-reactive ketones (excluding diaryl/α,β-unsaturated/α-hetero) is 1. The van der Waals surface area contributed by atoms with Crippen molar-refractivity contribution in [2.75, 3.05) is 27.7 Å². The summed E-state index contributed by atoms with van der Waals surface area (Å²) in [5.74, 6) is 0.580. The van der Waals surface area contributed by atoms with Crippen molar-refractivity contribution in [1.82, 2.24) is 9.88 Å². The van der Waals surface area contributed by atoms with Gasteiger partial charge in [-0.3, -0.25) is 4.79 Å². The molecule has 0 unspecified atom stereocenters. The smallest absolute Gasteiger partial charge is 0.212 e. The van der Waals surface area contributed by atoms with Crippen LogP contribution in [-0.4, -0.2) is 43.4 Å². The molecule has 1 aromatic rings. The first-order valence-corrected chi connectivity index (χ1v) is 4.31. The van der Waals surface area contributed by atoms with Gasteiger partial charge in [0.1, 0.15) is 0 Å². The molecule has 0 bridgehead atoms. The number of carbonyl (C=O) groups is 1. The lowest BCUT2D eigenvalue weighted by Crippen LogP contribution is -2.21. The van der Waals surface area contributed by atoms with Crippen LogP contribution >= 0.6 is 0 Å². The third-order valence-corrected chi connectivity index (χ3v) is 1.73. The van der Waals surface area contributed by atoms with Crippen LogP contribution in [0.2, 0.25) is 0 Å². The van der Waals surface area contributed by atoms with E-state index in [0.29, 0.717) is 18.0 Å². The second-order valence-corrected chi connectivity index (χ2v) is 3.25. The van der Waals surface area contributed by atoms with Crippen LogP contribution in [0.5, 0.6) is 5.88 Å². The minimum atomic E-state index is 0.0603. The van der Waals surface area contributed by atoms with E-state index < -0.39 is 0 Å². The lowest BCUT2D eigenvalue weighted by molar-refractivity contribution is 0.0957. The number of likely N-dealkylation sites (N-methyl/N-ethyl adjacent to an activating group) is 1. The zero-order valence-electron chi connectivity index (χ0n) is 8.65. The van der Waals surface area contributed by atoms with Crippen molar-refractivity contribution in [2.45, 2.75) is 0 Å². The number of aromatic nitrogens is 1. The summed E-state index contributed by atoms with van der Waals surface area (Å²) < 4.78 is 4.90. The summed E-state index contributed by atoms with van der Waals surface area (Å²) in [4.78, 5) is 17.3. The molecule has 0 amide bonds. The Balaban J connectivity index is 2.71. The molecule has 4 heteroatoms. The van der Waals surface area contributed by atoms with Gasteiger partial charge in [0.15, 0.2) is 5.78 Å². The van der Waals surface area contributed by atoms with E-state index in [-0.39, 0.29) is 5.78 Å². The van der Waals surface area contributed by atoms with Gasteiger partial charge in [0.2, 0.25) is 5.88 Å². The standard InChI is InChI=1S/C10H14N2O2/c1-12(2)7-9(13)8-4-5-10(14-3)11-6-8/h4-6H,7H2,1-3H3. The highest BCUT2D eigenvalue weighted by Gasteiger charge is 2.07. The number of hydrogen-bond acceptors (Lipinski definition) is 4. The molecule has 0 N–H and O–H groups in total. The molecular formula is C10H14N2O2. The van der Waals surface area contributed by atoms with Crippen LogP contribution in [0.4, 0.5) is 0 Å². The molecule has 0 saturated carbocycles. The molecule has 0 atom stereocenters. The fraction of sp³-hybridized carbons (Fsp3) is 0.400. The zero-order chi connectivity index (χ0) is 10.6. The molecule has 76 valence electrons. The van der Waals surface area contributed by atoms with Gasteiger partial charge >= 0.3 is 0 Å². The van der Waals surface area contributed by atoms with E-state index >= 15 is 0 Å². The average Bonchev–Trinajstić information content (AvgIpc) is 2.17. The molecule has 0 fully saturated rings. The van der Waals surface area contributed by atoms with Crippen molar-refractivity contribution in [2.24, 2.45) is 0 Å². The number of ether oxygens (including phenoxy) is 1. The fourth-order valence-electron chi connectivity index (χ4n) is 1.04. The number of methoxy groups -OCH3 is 1. The summed E-state index contributed by atoms with van der Waals surface area (Å²) in [5.41, 5.74) is 0.611. The van der Waals surface area contributed by atoms with Crippen molar-refractivity contribution < 1.29 is 9.53 Å². The van der Waals surface area contributed by atoms with Gasteiger partial charge in [-0.2, -0.15) is 0 Å². The van der Waals surface area contributed by atoms with Crippen LogP contribution in [0.1, 0.15) is 10.4 Å². The number of rotatable bonds is 4. The molecule has 1 aromatic heterocycles. The highest BCUT2D eigenvalue weighted by molar-refractivity contribution is 5.97. The van der Waals surface area contributed by atoms with E-state index in [9.17, 15) is 4.79 Å². The van der Waals surface area contributed by atoms with Gasteiger partial charge in [0.25, 0.3) is 0 Å². The van der Waals surface area contributed by atoms with Gasteiger partial charge in [-0.15, -0.1) is 0 Å². The van der Waals surface area contributed by atoms with Gasteiger partial charge in [-0.05, 0) is 20.2 Å². The topological polar surface area (TPSA) is 42.4 Å². The first-order chi connectivity index (χ1) is 6.63. The lowest BCUT2D eigenvalue weighted by Gasteiger charge is -2.07. The number of hydrogen-bond donors (Lipinski definition) is 0. The molecule has 1 heterocycles. The summed E-state index contributed by atoms with van der Waals surface area (Å²) in [6.07, 6.45) is 1.53. The van der Waals surface area contributed by atoms with Gasteiger partial charge in [-0.25, -0.2) is 4.98 Å². The molecule has 0 aromatic carbocycles. The Morgan fingerprint density at radius 2 is 2.21 bits per heavy atom. The van der Waals surface area contributed by atoms with Crippen LogP contribution in [-0.2, 0) is 0 Å². The maximum Gasteiger partial charge on any atom is 0.212 e. The van der Waals surface area contributed by atoms with E-state index in [2.05, 4.69) is 4.98 Å². The summed E-state index contributed by atoms with van der Waals surface area (Å²) in [6.45, 7) is 0.397. The highest BCUT2D eigenvalue weighted by atomic mass is 16.5. The molecule has 0 spiro atoms. The Morgan fingerprint density at radius 1 is 1.50 bits per heavy atom. The Bertz CT molecular complexity index is 306. The quantitative estimate of drug-likeness (QED) is 0.666. The SMILES string of the molecule is COc1ccc(C(=O)CN(C)C)cn1. The minimum absolute atomic E-state index is 0.0603. The molecule has 0 radical (unpaired) electrons. The average molecular weight is 194 g/mol. The second-order valence-electron chi connectivity index (χ2n) is 3.25. The number of ketones is 1. The number of pyridine rings is 1. The molecule has 0 saturated heterocycles. The van der Waals surface area contributed by atoms with Crippen molar-refractivity contribution in [3.8, 4) is 5.88 Å². The summed E-state index contributed by atoms with van der Waals surface area (Å²) in [6, 6.07) is 3.40. The summed E-state index contributed by atoms with van der Waals surface area (Å²) in [7, 11) is 5.26. The highest BCUT2D eigenvalue weighted by Crippen LogP contribution is 2.07. The molecule has 0 aliphatic heterocycles. The van der Waals surface area contributed by atoms with Crippen LogP contribution in [0.15, 0.2) is 18.3 Å². The zero-order valence-corrected chi connectivity index (χ0v) is 8.65. The monoisotopic (exact) mass is 194 g/mol. The first kappa shape index (κ1) is 10.7. The third-order valence-electron chi connectivity index (χ3n) is 1.73. The lowest BCUT2D eigenvalue weighted by atomic mass is 10.2. The van der Waals surface area contributed by atoms with Crippen LogP contribution in [0, 0.1) is 0 Å². The molecular weight excluding hydrogens is 180 g/mol. The maximum atomic E-state index is 11.5. The number of carbonyl (C=O) groups excluding carboxylic acids is 1. The van der Waals surface area contributed by atoms with E-state index in [1.54, 1.807) is 19.2 Å². The molecule has 14 heavy (non-hydrogen) atoms. The Kier molecular flexibility index (Phi) is 3.59. The molecule has 0 aliphatic carbocycles. The third kappa shape index (κ3) is 2.81. The predicted molar refractivity (Wildman–Crippen MR) is 53.7 cm³/mol. The second kappa shape index (κ2) is 4.72. The van der Waals surface area contributed by atoms with E-state index in [0.717, 1.165) is 0 Å². The minimum Gasteiger partial charge on any atom is -0.481 e. The van der Waals surface area contributed by atoms with Gasteiger partial charge in [-0.1, -0.05) is 0 Å². The largest absolute Gasteiger partial charge is 0.481 e. The molecule has 1 rings (SSSR count). The number of nitrogens with zero attached hydrogens (tertiary/aromatic N) is 2.